The summed E-state index contributed by atoms with van der Waals surface area (Å²) in [5, 5.41) is 4.45. The molecule has 1 unspecified atom stereocenters. The third-order valence-corrected chi connectivity index (χ3v) is 5.09. The first kappa shape index (κ1) is 13.8. The van der Waals surface area contributed by atoms with E-state index in [1.165, 1.54) is 24.8 Å². The van der Waals surface area contributed by atoms with E-state index in [9.17, 15) is 0 Å². The van der Waals surface area contributed by atoms with E-state index >= 15 is 0 Å². The molecule has 0 bridgehead atoms. The van der Waals surface area contributed by atoms with Gasteiger partial charge in [0, 0.05) is 23.7 Å². The summed E-state index contributed by atoms with van der Waals surface area (Å²) in [5.74, 6) is 0. The zero-order chi connectivity index (χ0) is 14.0. The predicted octanol–water partition coefficient (Wildman–Crippen LogP) is 4.27. The van der Waals surface area contributed by atoms with Gasteiger partial charge in [0.05, 0.1) is 17.5 Å². The van der Waals surface area contributed by atoms with Crippen LogP contribution in [0.3, 0.4) is 0 Å². The van der Waals surface area contributed by atoms with Crippen molar-refractivity contribution in [3.8, 4) is 5.69 Å². The molecule has 0 saturated heterocycles. The smallest absolute Gasteiger partial charge is 0.0692 e. The molecule has 106 valence electrons. The van der Waals surface area contributed by atoms with Crippen molar-refractivity contribution in [1.29, 1.82) is 0 Å². The molecule has 0 amide bonds. The maximum absolute atomic E-state index is 5.70. The molecule has 1 aliphatic carbocycles. The Morgan fingerprint density at radius 3 is 2.70 bits per heavy atom. The monoisotopic (exact) mass is 334 g/mol. The minimum absolute atomic E-state index is 0.0724. The van der Waals surface area contributed by atoms with Crippen LogP contribution in [0.5, 0.6) is 0 Å². The second kappa shape index (κ2) is 5.70. The van der Waals surface area contributed by atoms with Crippen LogP contribution in [0.1, 0.15) is 36.1 Å². The Hall–Kier alpha value is -1.13. The molecule has 0 radical (unpaired) electrons. The molecule has 1 aliphatic rings. The SMILES string of the molecule is COC1(CC(Br)c2cnn(-c3ccccc3)c2)CCC1. The first-order chi connectivity index (χ1) is 9.72. The molecule has 20 heavy (non-hydrogen) atoms. The normalized spacial score (nSPS) is 18.5. The number of nitrogens with zero attached hydrogens (tertiary/aromatic N) is 2. The number of benzene rings is 1. The van der Waals surface area contributed by atoms with E-state index in [0.29, 0.717) is 4.83 Å². The Balaban J connectivity index is 1.73. The summed E-state index contributed by atoms with van der Waals surface area (Å²) in [4.78, 5) is 0.292. The Kier molecular flexibility index (Phi) is 3.94. The summed E-state index contributed by atoms with van der Waals surface area (Å²) < 4.78 is 7.62. The highest BCUT2D eigenvalue weighted by atomic mass is 79.9. The number of para-hydroxylation sites is 1. The molecule has 1 atom stereocenters. The number of alkyl halides is 1. The van der Waals surface area contributed by atoms with Crippen LogP contribution in [-0.2, 0) is 4.74 Å². The Morgan fingerprint density at radius 2 is 2.10 bits per heavy atom. The van der Waals surface area contributed by atoms with E-state index in [1.54, 1.807) is 0 Å². The zero-order valence-electron chi connectivity index (χ0n) is 11.6. The first-order valence-electron chi connectivity index (χ1n) is 7.02. The van der Waals surface area contributed by atoms with Gasteiger partial charge in [-0.3, -0.25) is 0 Å². The average molecular weight is 335 g/mol. The van der Waals surface area contributed by atoms with Crippen molar-refractivity contribution in [2.75, 3.05) is 7.11 Å². The highest BCUT2D eigenvalue weighted by molar-refractivity contribution is 9.09. The van der Waals surface area contributed by atoms with Gasteiger partial charge < -0.3 is 4.74 Å². The van der Waals surface area contributed by atoms with Crippen LogP contribution in [0.25, 0.3) is 5.69 Å². The molecule has 3 nitrogen and oxygen atoms in total. The van der Waals surface area contributed by atoms with Crippen molar-refractivity contribution in [3.05, 3.63) is 48.3 Å². The zero-order valence-corrected chi connectivity index (χ0v) is 13.2. The molecule has 1 saturated carbocycles. The van der Waals surface area contributed by atoms with Crippen molar-refractivity contribution in [3.63, 3.8) is 0 Å². The van der Waals surface area contributed by atoms with Crippen LogP contribution in [-0.4, -0.2) is 22.5 Å². The Bertz CT molecular complexity index is 557. The van der Waals surface area contributed by atoms with E-state index in [2.05, 4.69) is 39.4 Å². The van der Waals surface area contributed by atoms with Gasteiger partial charge in [0.25, 0.3) is 0 Å². The lowest BCUT2D eigenvalue weighted by molar-refractivity contribution is -0.0773. The summed E-state index contributed by atoms with van der Waals surface area (Å²) in [7, 11) is 1.83. The molecule has 3 rings (SSSR count). The molecule has 1 fully saturated rings. The maximum Gasteiger partial charge on any atom is 0.0692 e. The fourth-order valence-corrected chi connectivity index (χ4v) is 3.55. The topological polar surface area (TPSA) is 27.1 Å². The van der Waals surface area contributed by atoms with E-state index in [4.69, 9.17) is 4.74 Å². The van der Waals surface area contributed by atoms with Gasteiger partial charge in [0.15, 0.2) is 0 Å². The maximum atomic E-state index is 5.70. The van der Waals surface area contributed by atoms with Crippen molar-refractivity contribution >= 4 is 15.9 Å². The van der Waals surface area contributed by atoms with Gasteiger partial charge in [-0.2, -0.15) is 5.10 Å². The second-order valence-electron chi connectivity index (χ2n) is 5.47. The van der Waals surface area contributed by atoms with Gasteiger partial charge >= 0.3 is 0 Å². The lowest BCUT2D eigenvalue weighted by Crippen LogP contribution is -2.39. The average Bonchev–Trinajstić information content (AvgIpc) is 2.93. The number of methoxy groups -OCH3 is 1. The van der Waals surface area contributed by atoms with Crippen molar-refractivity contribution in [2.45, 2.75) is 36.1 Å². The van der Waals surface area contributed by atoms with E-state index < -0.39 is 0 Å². The first-order valence-corrected chi connectivity index (χ1v) is 7.93. The van der Waals surface area contributed by atoms with E-state index in [0.717, 1.165) is 12.1 Å². The molecule has 0 spiro atoms. The molecule has 0 aliphatic heterocycles. The number of ether oxygens (including phenoxy) is 1. The van der Waals surface area contributed by atoms with Gasteiger partial charge in [-0.25, -0.2) is 4.68 Å². The van der Waals surface area contributed by atoms with Crippen LogP contribution in [0.2, 0.25) is 0 Å². The number of hydrogen-bond donors (Lipinski definition) is 0. The fraction of sp³-hybridized carbons (Fsp3) is 0.438. The molecule has 1 aromatic heterocycles. The summed E-state index contributed by atoms with van der Waals surface area (Å²) in [6, 6.07) is 10.2. The summed E-state index contributed by atoms with van der Waals surface area (Å²) in [6.07, 6.45) is 8.64. The largest absolute Gasteiger partial charge is 0.378 e. The highest BCUT2D eigenvalue weighted by Gasteiger charge is 2.39. The lowest BCUT2D eigenvalue weighted by atomic mass is 9.76. The number of rotatable bonds is 5. The number of aromatic nitrogens is 2. The number of hydrogen-bond acceptors (Lipinski definition) is 2. The molecule has 1 heterocycles. The van der Waals surface area contributed by atoms with Crippen LogP contribution < -0.4 is 0 Å². The lowest BCUT2D eigenvalue weighted by Gasteiger charge is -2.41. The van der Waals surface area contributed by atoms with Crippen molar-refractivity contribution < 1.29 is 4.74 Å². The predicted molar refractivity (Wildman–Crippen MR) is 83.4 cm³/mol. The van der Waals surface area contributed by atoms with E-state index in [-0.39, 0.29) is 5.60 Å². The Labute approximate surface area is 128 Å². The summed E-state index contributed by atoms with van der Waals surface area (Å²) in [5.41, 5.74) is 2.36. The van der Waals surface area contributed by atoms with Gasteiger partial charge in [-0.1, -0.05) is 34.1 Å². The van der Waals surface area contributed by atoms with Gasteiger partial charge in [-0.05, 0) is 37.8 Å². The molecular weight excluding hydrogens is 316 g/mol. The standard InChI is InChI=1S/C16H19BrN2O/c1-20-16(8-5-9-16)10-15(17)13-11-18-19(12-13)14-6-3-2-4-7-14/h2-4,6-7,11-12,15H,5,8-10H2,1H3. The molecule has 4 heteroatoms. The minimum atomic E-state index is 0.0724. The highest BCUT2D eigenvalue weighted by Crippen LogP contribution is 2.44. The summed E-state index contributed by atoms with van der Waals surface area (Å²) >= 11 is 3.79. The van der Waals surface area contributed by atoms with Crippen LogP contribution in [0.15, 0.2) is 42.7 Å². The molecular formula is C16H19BrN2O. The van der Waals surface area contributed by atoms with E-state index in [1.807, 2.05) is 36.2 Å². The fourth-order valence-electron chi connectivity index (χ4n) is 2.73. The van der Waals surface area contributed by atoms with Crippen LogP contribution in [0, 0.1) is 0 Å². The Morgan fingerprint density at radius 1 is 1.35 bits per heavy atom. The molecule has 1 aromatic carbocycles. The van der Waals surface area contributed by atoms with Gasteiger partial charge in [-0.15, -0.1) is 0 Å². The molecule has 2 aromatic rings. The molecule has 0 N–H and O–H groups in total. The van der Waals surface area contributed by atoms with Crippen LogP contribution in [0.4, 0.5) is 0 Å². The second-order valence-corrected chi connectivity index (χ2v) is 6.57. The van der Waals surface area contributed by atoms with Crippen molar-refractivity contribution in [1.82, 2.24) is 9.78 Å². The minimum Gasteiger partial charge on any atom is -0.378 e. The quantitative estimate of drug-likeness (QED) is 0.763. The van der Waals surface area contributed by atoms with Gasteiger partial charge in [0.2, 0.25) is 0 Å². The van der Waals surface area contributed by atoms with Crippen LogP contribution >= 0.6 is 15.9 Å². The number of halogens is 1. The third-order valence-electron chi connectivity index (χ3n) is 4.23. The van der Waals surface area contributed by atoms with Gasteiger partial charge in [0.1, 0.15) is 0 Å². The van der Waals surface area contributed by atoms with Crippen molar-refractivity contribution in [2.24, 2.45) is 0 Å². The third kappa shape index (κ3) is 2.67. The summed E-state index contributed by atoms with van der Waals surface area (Å²) in [6.45, 7) is 0.